The van der Waals surface area contributed by atoms with Gasteiger partial charge in [0.05, 0.1) is 18.7 Å². The molecule has 0 fully saturated rings. The summed E-state index contributed by atoms with van der Waals surface area (Å²) in [7, 11) is 0. The van der Waals surface area contributed by atoms with Gasteiger partial charge in [-0.1, -0.05) is 54.6 Å². The van der Waals surface area contributed by atoms with Gasteiger partial charge in [-0.05, 0) is 28.5 Å². The van der Waals surface area contributed by atoms with Crippen LogP contribution in [0.1, 0.15) is 5.56 Å². The number of carbonyl (C=O) groups excluding carboxylic acids is 2. The van der Waals surface area contributed by atoms with Crippen LogP contribution in [0.15, 0.2) is 66.7 Å². The topological polar surface area (TPSA) is 67.4 Å². The van der Waals surface area contributed by atoms with Gasteiger partial charge in [-0.15, -0.1) is 0 Å². The van der Waals surface area contributed by atoms with Crippen LogP contribution in [-0.2, 0) is 16.0 Å². The third kappa shape index (κ3) is 5.03. The van der Waals surface area contributed by atoms with Crippen molar-refractivity contribution in [1.29, 1.82) is 0 Å². The molecule has 5 nitrogen and oxygen atoms in total. The Morgan fingerprint density at radius 3 is 2.43 bits per heavy atom. The average molecular weight is 384 g/mol. The molecular weight excluding hydrogens is 366 g/mol. The van der Waals surface area contributed by atoms with Crippen LogP contribution < -0.4 is 15.4 Å². The van der Waals surface area contributed by atoms with Gasteiger partial charge in [-0.3, -0.25) is 9.59 Å². The van der Waals surface area contributed by atoms with Gasteiger partial charge in [0.15, 0.2) is 0 Å². The smallest absolute Gasteiger partial charge is 0.387 e. The molecule has 7 heteroatoms. The van der Waals surface area contributed by atoms with Gasteiger partial charge >= 0.3 is 6.61 Å². The molecule has 2 amide bonds. The molecule has 0 atom stereocenters. The highest BCUT2D eigenvalue weighted by atomic mass is 19.3. The van der Waals surface area contributed by atoms with Crippen molar-refractivity contribution < 1.29 is 23.1 Å². The number of ether oxygens (including phenoxy) is 1. The van der Waals surface area contributed by atoms with Crippen molar-refractivity contribution in [2.75, 3.05) is 11.9 Å². The lowest BCUT2D eigenvalue weighted by Gasteiger charge is -2.12. The van der Waals surface area contributed by atoms with Gasteiger partial charge in [-0.25, -0.2) is 0 Å². The zero-order valence-corrected chi connectivity index (χ0v) is 14.8. The summed E-state index contributed by atoms with van der Waals surface area (Å²) in [6.07, 6.45) is 0.125. The highest BCUT2D eigenvalue weighted by molar-refractivity contribution is 5.96. The summed E-state index contributed by atoms with van der Waals surface area (Å²) in [5.74, 6) is -1.01. The maximum absolute atomic E-state index is 12.4. The van der Waals surface area contributed by atoms with E-state index in [1.54, 1.807) is 6.07 Å². The highest BCUT2D eigenvalue weighted by Crippen LogP contribution is 2.25. The Morgan fingerprint density at radius 1 is 0.893 bits per heavy atom. The van der Waals surface area contributed by atoms with E-state index in [1.165, 1.54) is 18.2 Å². The van der Waals surface area contributed by atoms with Crippen molar-refractivity contribution in [3.8, 4) is 5.75 Å². The number of alkyl halides is 2. The lowest BCUT2D eigenvalue weighted by molar-refractivity contribution is -0.123. The van der Waals surface area contributed by atoms with Gasteiger partial charge in [0.1, 0.15) is 5.75 Å². The lowest BCUT2D eigenvalue weighted by Crippen LogP contribution is -2.33. The molecule has 3 rings (SSSR count). The second kappa shape index (κ2) is 8.94. The van der Waals surface area contributed by atoms with Gasteiger partial charge in [0, 0.05) is 0 Å². The Kier molecular flexibility index (Phi) is 6.16. The van der Waals surface area contributed by atoms with Crippen molar-refractivity contribution in [2.45, 2.75) is 13.0 Å². The summed E-state index contributed by atoms with van der Waals surface area (Å²) in [5, 5.41) is 6.99. The number of hydrogen-bond acceptors (Lipinski definition) is 3. The molecule has 0 spiro atoms. The normalized spacial score (nSPS) is 10.7. The minimum Gasteiger partial charge on any atom is -0.433 e. The van der Waals surface area contributed by atoms with Gasteiger partial charge in [0.25, 0.3) is 0 Å². The molecule has 2 N–H and O–H groups in total. The van der Waals surface area contributed by atoms with Gasteiger partial charge < -0.3 is 15.4 Å². The molecule has 0 saturated heterocycles. The lowest BCUT2D eigenvalue weighted by atomic mass is 10.0. The van der Waals surface area contributed by atoms with E-state index < -0.39 is 12.5 Å². The van der Waals surface area contributed by atoms with Crippen molar-refractivity contribution in [3.05, 3.63) is 72.3 Å². The Morgan fingerprint density at radius 2 is 1.61 bits per heavy atom. The zero-order chi connectivity index (χ0) is 19.9. The third-order valence-corrected chi connectivity index (χ3v) is 4.05. The minimum absolute atomic E-state index is 0.108. The van der Waals surface area contributed by atoms with Crippen LogP contribution in [0.5, 0.6) is 5.75 Å². The Bertz CT molecular complexity index is 987. The summed E-state index contributed by atoms with van der Waals surface area (Å²) in [6.45, 7) is -3.29. The molecule has 0 aliphatic rings. The average Bonchev–Trinajstić information content (AvgIpc) is 2.68. The van der Waals surface area contributed by atoms with E-state index >= 15 is 0 Å². The van der Waals surface area contributed by atoms with Crippen LogP contribution in [0.25, 0.3) is 10.8 Å². The number of anilines is 1. The first kappa shape index (κ1) is 19.3. The Balaban J connectivity index is 1.57. The molecule has 144 valence electrons. The molecule has 28 heavy (non-hydrogen) atoms. The molecule has 0 unspecified atom stereocenters. The zero-order valence-electron chi connectivity index (χ0n) is 14.8. The van der Waals surface area contributed by atoms with Crippen molar-refractivity contribution in [1.82, 2.24) is 5.32 Å². The molecule has 0 bridgehead atoms. The number of benzene rings is 3. The number of nitrogens with one attached hydrogen (secondary N) is 2. The van der Waals surface area contributed by atoms with Crippen LogP contribution in [0, 0.1) is 0 Å². The monoisotopic (exact) mass is 384 g/mol. The Labute approximate surface area is 160 Å². The number of amides is 2. The van der Waals surface area contributed by atoms with Crippen LogP contribution in [-0.4, -0.2) is 25.0 Å². The van der Waals surface area contributed by atoms with Crippen molar-refractivity contribution in [2.24, 2.45) is 0 Å². The standard InChI is InChI=1S/C21H18F2N2O3/c22-21(23)28-18-11-4-3-10-17(18)25-20(27)13-24-19(26)12-15-8-5-7-14-6-1-2-9-16(14)15/h1-11,21H,12-13H2,(H,24,26)(H,25,27). The number of hydrogen-bond donors (Lipinski definition) is 2. The van der Waals surface area contributed by atoms with Crippen LogP contribution >= 0.6 is 0 Å². The SMILES string of the molecule is O=C(Cc1cccc2ccccc12)NCC(=O)Nc1ccccc1OC(F)F. The first-order valence-electron chi connectivity index (χ1n) is 8.60. The number of carbonyl (C=O) groups is 2. The van der Waals surface area contributed by atoms with Crippen LogP contribution in [0.2, 0.25) is 0 Å². The fourth-order valence-corrected chi connectivity index (χ4v) is 2.82. The maximum atomic E-state index is 12.4. The second-order valence-electron chi connectivity index (χ2n) is 6.01. The van der Waals surface area contributed by atoms with Crippen molar-refractivity contribution >= 4 is 28.3 Å². The molecule has 3 aromatic carbocycles. The quantitative estimate of drug-likeness (QED) is 0.652. The van der Waals surface area contributed by atoms with E-state index in [1.807, 2.05) is 42.5 Å². The number of halogens is 2. The van der Waals surface area contributed by atoms with E-state index in [-0.39, 0.29) is 30.3 Å². The number of rotatable bonds is 7. The molecule has 3 aromatic rings. The largest absolute Gasteiger partial charge is 0.433 e. The van der Waals surface area contributed by atoms with Crippen molar-refractivity contribution in [3.63, 3.8) is 0 Å². The fourth-order valence-electron chi connectivity index (χ4n) is 2.82. The summed E-state index contributed by atoms with van der Waals surface area (Å²) in [6, 6.07) is 19.3. The first-order valence-corrected chi connectivity index (χ1v) is 8.60. The first-order chi connectivity index (χ1) is 13.5. The summed E-state index contributed by atoms with van der Waals surface area (Å²) >= 11 is 0. The summed E-state index contributed by atoms with van der Waals surface area (Å²) in [4.78, 5) is 24.3. The molecule has 0 aliphatic carbocycles. The molecule has 0 radical (unpaired) electrons. The molecular formula is C21H18F2N2O3. The number of para-hydroxylation sites is 2. The molecule has 0 aromatic heterocycles. The predicted octanol–water partition coefficient (Wildman–Crippen LogP) is 3.74. The van der Waals surface area contributed by atoms with E-state index in [4.69, 9.17) is 0 Å². The third-order valence-electron chi connectivity index (χ3n) is 4.05. The van der Waals surface area contributed by atoms with Crippen LogP contribution in [0.4, 0.5) is 14.5 Å². The minimum atomic E-state index is -3.00. The van der Waals surface area contributed by atoms with Gasteiger partial charge in [0.2, 0.25) is 11.8 Å². The molecule has 0 heterocycles. The maximum Gasteiger partial charge on any atom is 0.387 e. The van der Waals surface area contributed by atoms with E-state index in [0.29, 0.717) is 0 Å². The summed E-state index contributed by atoms with van der Waals surface area (Å²) in [5.41, 5.74) is 0.961. The molecule has 0 saturated carbocycles. The van der Waals surface area contributed by atoms with Gasteiger partial charge in [-0.2, -0.15) is 8.78 Å². The molecule has 0 aliphatic heterocycles. The van der Waals surface area contributed by atoms with E-state index in [9.17, 15) is 18.4 Å². The fraction of sp³-hybridized carbons (Fsp3) is 0.143. The predicted molar refractivity (Wildman–Crippen MR) is 102 cm³/mol. The summed E-state index contributed by atoms with van der Waals surface area (Å²) < 4.78 is 29.2. The van der Waals surface area contributed by atoms with Crippen LogP contribution in [0.3, 0.4) is 0 Å². The second-order valence-corrected chi connectivity index (χ2v) is 6.01. The highest BCUT2D eigenvalue weighted by Gasteiger charge is 2.13. The Hall–Kier alpha value is -3.48. The van der Waals surface area contributed by atoms with E-state index in [2.05, 4.69) is 15.4 Å². The number of fused-ring (bicyclic) bond motifs is 1. The van der Waals surface area contributed by atoms with E-state index in [0.717, 1.165) is 16.3 Å².